The molecule has 2 aliphatic rings. The summed E-state index contributed by atoms with van der Waals surface area (Å²) in [7, 11) is 0. The van der Waals surface area contributed by atoms with Crippen LogP contribution in [-0.4, -0.2) is 35.3 Å². The van der Waals surface area contributed by atoms with E-state index in [2.05, 4.69) is 25.6 Å². The molecule has 9 nitrogen and oxygen atoms in total. The number of fused-ring (bicyclic) bond motifs is 1. The average Bonchev–Trinajstić information content (AvgIpc) is 2.80. The molecule has 0 saturated carbocycles. The van der Waals surface area contributed by atoms with Gasteiger partial charge in [0.15, 0.2) is 11.4 Å². The maximum atomic E-state index is 11.0. The Labute approximate surface area is 106 Å². The van der Waals surface area contributed by atoms with Crippen LogP contribution in [0.4, 0.5) is 5.69 Å². The molecule has 19 heavy (non-hydrogen) atoms. The molecule has 1 aromatic carbocycles. The first kappa shape index (κ1) is 11.1. The van der Waals surface area contributed by atoms with Crippen LogP contribution < -0.4 is 0 Å². The van der Waals surface area contributed by atoms with Crippen molar-refractivity contribution in [2.45, 2.75) is 6.92 Å². The zero-order chi connectivity index (χ0) is 13.4. The van der Waals surface area contributed by atoms with Gasteiger partial charge in [0.25, 0.3) is 5.69 Å². The van der Waals surface area contributed by atoms with E-state index in [1.54, 1.807) is 25.1 Å². The molecular weight excluding hydrogens is 250 g/mol. The minimum absolute atomic E-state index is 0.0984. The molecule has 0 unspecified atom stereocenters. The Kier molecular flexibility index (Phi) is 2.37. The Balaban J connectivity index is 2.22. The number of aryl methyl sites for hydroxylation is 1. The fraction of sp³-hybridized carbons (Fsp3) is 0.100. The van der Waals surface area contributed by atoms with Crippen molar-refractivity contribution in [3.8, 4) is 17.2 Å². The monoisotopic (exact) mass is 257 g/mol. The summed E-state index contributed by atoms with van der Waals surface area (Å²) < 4.78 is 0. The van der Waals surface area contributed by atoms with Gasteiger partial charge in [-0.2, -0.15) is 5.10 Å². The predicted octanol–water partition coefficient (Wildman–Crippen LogP) is 0.774. The van der Waals surface area contributed by atoms with Crippen LogP contribution in [0.3, 0.4) is 0 Å². The molecule has 0 atom stereocenters. The van der Waals surface area contributed by atoms with Crippen LogP contribution in [0.5, 0.6) is 0 Å². The van der Waals surface area contributed by atoms with Gasteiger partial charge in [-0.3, -0.25) is 10.1 Å². The number of hydrogen-bond acceptors (Lipinski definition) is 7. The molecule has 94 valence electrons. The quantitative estimate of drug-likeness (QED) is 0.492. The van der Waals surface area contributed by atoms with E-state index in [0.29, 0.717) is 17.2 Å². The Morgan fingerprint density at radius 1 is 1.21 bits per heavy atom. The smallest absolute Gasteiger partial charge is 0.258 e. The maximum Gasteiger partial charge on any atom is 0.296 e. The Morgan fingerprint density at radius 3 is 2.79 bits per heavy atom. The van der Waals surface area contributed by atoms with E-state index in [9.17, 15) is 10.1 Å². The number of benzene rings is 1. The van der Waals surface area contributed by atoms with Gasteiger partial charge in [-0.15, -0.1) is 20.1 Å². The third kappa shape index (κ3) is 1.76. The van der Waals surface area contributed by atoms with Crippen molar-refractivity contribution >= 4 is 5.69 Å². The van der Waals surface area contributed by atoms with E-state index in [-0.39, 0.29) is 11.4 Å². The zero-order valence-corrected chi connectivity index (χ0v) is 9.76. The molecule has 0 amide bonds. The van der Waals surface area contributed by atoms with Crippen molar-refractivity contribution in [2.75, 3.05) is 0 Å². The first-order valence-electron chi connectivity index (χ1n) is 5.33. The minimum atomic E-state index is -0.496. The zero-order valence-electron chi connectivity index (χ0n) is 9.76. The van der Waals surface area contributed by atoms with E-state index in [4.69, 9.17) is 0 Å². The van der Waals surface area contributed by atoms with E-state index in [1.807, 2.05) is 0 Å². The van der Waals surface area contributed by atoms with E-state index in [1.165, 1.54) is 6.07 Å². The summed E-state index contributed by atoms with van der Waals surface area (Å²) in [5.74, 6) is 0.312. The number of aromatic nitrogens is 6. The Hall–Kier alpha value is -2.97. The lowest BCUT2D eigenvalue weighted by atomic mass is 10.3. The number of para-hydroxylation sites is 2. The Morgan fingerprint density at radius 2 is 2.00 bits per heavy atom. The van der Waals surface area contributed by atoms with Crippen molar-refractivity contribution in [1.82, 2.24) is 30.4 Å². The third-order valence-corrected chi connectivity index (χ3v) is 2.56. The SMILES string of the molecule is Cc1nnc2nnn(-c3ccccc3[N+](=O)[O-])nc1-2. The minimum Gasteiger partial charge on any atom is -0.258 e. The van der Waals surface area contributed by atoms with Gasteiger partial charge in [-0.25, -0.2) is 0 Å². The fourth-order valence-corrected chi connectivity index (χ4v) is 1.65. The number of nitro groups is 1. The van der Waals surface area contributed by atoms with Crippen molar-refractivity contribution in [3.05, 3.63) is 40.1 Å². The van der Waals surface area contributed by atoms with Gasteiger partial charge >= 0.3 is 0 Å². The molecule has 0 spiro atoms. The van der Waals surface area contributed by atoms with Gasteiger partial charge in [0.2, 0.25) is 5.82 Å². The second kappa shape index (κ2) is 4.05. The van der Waals surface area contributed by atoms with Gasteiger partial charge in [0.05, 0.1) is 10.6 Å². The average molecular weight is 257 g/mol. The molecule has 9 heteroatoms. The van der Waals surface area contributed by atoms with Crippen LogP contribution in [0.25, 0.3) is 17.2 Å². The molecule has 2 aliphatic heterocycles. The summed E-state index contributed by atoms with van der Waals surface area (Å²) in [6.07, 6.45) is 0. The summed E-state index contributed by atoms with van der Waals surface area (Å²) in [4.78, 5) is 11.6. The van der Waals surface area contributed by atoms with Crippen LogP contribution in [0.15, 0.2) is 24.3 Å². The number of hydrogen-bond donors (Lipinski definition) is 0. The standard InChI is InChI=1S/C10H7N7O2/c1-6-9-10(12-11-6)13-15-16(14-9)7-4-2-3-5-8(7)17(18)19/h2-5H,1H3. The second-order valence-corrected chi connectivity index (χ2v) is 3.78. The highest BCUT2D eigenvalue weighted by molar-refractivity contribution is 5.54. The lowest BCUT2D eigenvalue weighted by molar-refractivity contribution is -0.384. The lowest BCUT2D eigenvalue weighted by Gasteiger charge is -2.04. The molecule has 0 aliphatic carbocycles. The lowest BCUT2D eigenvalue weighted by Crippen LogP contribution is -2.12. The van der Waals surface area contributed by atoms with Crippen LogP contribution >= 0.6 is 0 Å². The van der Waals surface area contributed by atoms with Crippen molar-refractivity contribution < 1.29 is 4.92 Å². The van der Waals surface area contributed by atoms with Gasteiger partial charge in [-0.1, -0.05) is 12.1 Å². The summed E-state index contributed by atoms with van der Waals surface area (Å²) in [6.45, 7) is 1.73. The first-order chi connectivity index (χ1) is 9.16. The molecule has 0 aromatic heterocycles. The van der Waals surface area contributed by atoms with Gasteiger partial charge in [0, 0.05) is 6.07 Å². The number of nitro benzene ring substituents is 1. The van der Waals surface area contributed by atoms with Crippen LogP contribution in [0.2, 0.25) is 0 Å². The van der Waals surface area contributed by atoms with E-state index < -0.39 is 4.92 Å². The van der Waals surface area contributed by atoms with E-state index in [0.717, 1.165) is 4.80 Å². The molecule has 2 heterocycles. The first-order valence-corrected chi connectivity index (χ1v) is 5.33. The van der Waals surface area contributed by atoms with Crippen molar-refractivity contribution in [1.29, 1.82) is 0 Å². The molecule has 0 fully saturated rings. The number of rotatable bonds is 2. The predicted molar refractivity (Wildman–Crippen MR) is 62.8 cm³/mol. The molecule has 0 bridgehead atoms. The molecule has 0 saturated heterocycles. The van der Waals surface area contributed by atoms with Crippen LogP contribution in [-0.2, 0) is 0 Å². The topological polar surface area (TPSA) is 113 Å². The normalized spacial score (nSPS) is 10.8. The van der Waals surface area contributed by atoms with Gasteiger partial charge < -0.3 is 0 Å². The van der Waals surface area contributed by atoms with Gasteiger partial charge in [0.1, 0.15) is 0 Å². The van der Waals surface area contributed by atoms with Gasteiger partial charge in [-0.05, 0) is 18.2 Å². The largest absolute Gasteiger partial charge is 0.296 e. The highest BCUT2D eigenvalue weighted by atomic mass is 16.6. The molecule has 1 aromatic rings. The molecular formula is C10H7N7O2. The summed E-state index contributed by atoms with van der Waals surface area (Å²) in [5, 5.41) is 30.3. The summed E-state index contributed by atoms with van der Waals surface area (Å²) in [5.41, 5.74) is 1.20. The maximum absolute atomic E-state index is 11.0. The second-order valence-electron chi connectivity index (χ2n) is 3.78. The fourth-order valence-electron chi connectivity index (χ4n) is 1.65. The molecule has 0 radical (unpaired) electrons. The summed E-state index contributed by atoms with van der Waals surface area (Å²) >= 11 is 0. The van der Waals surface area contributed by atoms with Crippen LogP contribution in [0, 0.1) is 17.0 Å². The highest BCUT2D eigenvalue weighted by Crippen LogP contribution is 2.22. The van der Waals surface area contributed by atoms with E-state index >= 15 is 0 Å². The van der Waals surface area contributed by atoms with Crippen molar-refractivity contribution in [3.63, 3.8) is 0 Å². The highest BCUT2D eigenvalue weighted by Gasteiger charge is 2.19. The third-order valence-electron chi connectivity index (χ3n) is 2.56. The van der Waals surface area contributed by atoms with Crippen LogP contribution in [0.1, 0.15) is 5.69 Å². The number of nitrogens with zero attached hydrogens (tertiary/aromatic N) is 7. The molecule has 3 rings (SSSR count). The summed E-state index contributed by atoms with van der Waals surface area (Å²) in [6, 6.07) is 6.16. The molecule has 0 N–H and O–H groups in total. The Bertz CT molecular complexity index is 738. The van der Waals surface area contributed by atoms with Crippen molar-refractivity contribution in [2.24, 2.45) is 0 Å².